The number of nitriles is 1. The molecule has 2 aromatic carbocycles. The van der Waals surface area contributed by atoms with Crippen molar-refractivity contribution in [1.29, 1.82) is 5.26 Å². The van der Waals surface area contributed by atoms with Crippen molar-refractivity contribution in [2.45, 2.75) is 0 Å². The van der Waals surface area contributed by atoms with Gasteiger partial charge >= 0.3 is 0 Å². The first-order valence-corrected chi connectivity index (χ1v) is 10.9. The van der Waals surface area contributed by atoms with Crippen molar-refractivity contribution in [3.05, 3.63) is 103 Å². The molecule has 34 heavy (non-hydrogen) atoms. The summed E-state index contributed by atoms with van der Waals surface area (Å²) in [6.07, 6.45) is 3.59. The van der Waals surface area contributed by atoms with Crippen LogP contribution in [0.1, 0.15) is 5.56 Å². The molecular weight excluding hydrogens is 420 g/mol. The Morgan fingerprint density at radius 2 is 1.18 bits per heavy atom. The summed E-state index contributed by atoms with van der Waals surface area (Å²) in [7, 11) is 0. The van der Waals surface area contributed by atoms with Crippen molar-refractivity contribution < 1.29 is 0 Å². The Labute approximate surface area is 194 Å². The van der Waals surface area contributed by atoms with Crippen LogP contribution in [0.3, 0.4) is 0 Å². The van der Waals surface area contributed by atoms with E-state index in [0.29, 0.717) is 5.56 Å². The van der Waals surface area contributed by atoms with Gasteiger partial charge < -0.3 is 9.13 Å². The first-order chi connectivity index (χ1) is 16.8. The molecular formula is C28H16N6. The van der Waals surface area contributed by atoms with Gasteiger partial charge in [0.2, 0.25) is 0 Å². The van der Waals surface area contributed by atoms with Crippen molar-refractivity contribution >= 4 is 44.1 Å². The molecule has 0 saturated heterocycles. The number of aromatic nitrogens is 5. The van der Waals surface area contributed by atoms with Crippen LogP contribution in [0.15, 0.2) is 97.3 Å². The summed E-state index contributed by atoms with van der Waals surface area (Å²) >= 11 is 0. The number of fused-ring (bicyclic) bond motifs is 6. The van der Waals surface area contributed by atoms with Crippen molar-refractivity contribution in [2.75, 3.05) is 0 Å². The fourth-order valence-electron chi connectivity index (χ4n) is 4.81. The highest BCUT2D eigenvalue weighted by atomic mass is 15.1. The molecule has 0 radical (unpaired) electrons. The van der Waals surface area contributed by atoms with Gasteiger partial charge in [-0.3, -0.25) is 9.97 Å². The zero-order valence-electron chi connectivity index (χ0n) is 17.9. The summed E-state index contributed by atoms with van der Waals surface area (Å²) in [6.45, 7) is 0. The van der Waals surface area contributed by atoms with Gasteiger partial charge in [-0.05, 0) is 60.7 Å². The maximum atomic E-state index is 9.48. The molecule has 5 heterocycles. The van der Waals surface area contributed by atoms with Crippen molar-refractivity contribution in [3.8, 4) is 17.4 Å². The van der Waals surface area contributed by atoms with Crippen LogP contribution in [-0.2, 0) is 0 Å². The Kier molecular flexibility index (Phi) is 3.81. The fourth-order valence-corrected chi connectivity index (χ4v) is 4.81. The van der Waals surface area contributed by atoms with E-state index in [-0.39, 0.29) is 0 Å². The molecule has 0 aliphatic heterocycles. The summed E-state index contributed by atoms with van der Waals surface area (Å²) < 4.78 is 4.33. The first-order valence-electron chi connectivity index (χ1n) is 10.9. The first kappa shape index (κ1) is 18.5. The predicted octanol–water partition coefficient (Wildman–Crippen LogP) is 5.94. The second kappa shape index (κ2) is 6.99. The third-order valence-corrected chi connectivity index (χ3v) is 6.22. The molecule has 0 saturated carbocycles. The number of hydrogen-bond donors (Lipinski definition) is 0. The maximum Gasteiger partial charge on any atom is 0.116 e. The number of benzene rings is 2. The molecule has 0 aliphatic carbocycles. The van der Waals surface area contributed by atoms with Gasteiger partial charge in [0, 0.05) is 23.8 Å². The largest absolute Gasteiger partial charge is 0.306 e. The summed E-state index contributed by atoms with van der Waals surface area (Å²) in [5, 5.41) is 9.48. The standard InChI is InChI=1S/C28H16N6/c29-17-18-7-4-10-20(15-18)34-22-12-6-14-31-26(22)28-24(34)16-23-27(32-28)25-21(11-5-13-30-25)33(23)19-8-2-1-3-9-19/h1-16H. The average Bonchev–Trinajstić information content (AvgIpc) is 3.40. The molecule has 0 spiro atoms. The molecule has 0 N–H and O–H groups in total. The lowest BCUT2D eigenvalue weighted by atomic mass is 10.2. The highest BCUT2D eigenvalue weighted by molar-refractivity contribution is 6.13. The van der Waals surface area contributed by atoms with Gasteiger partial charge in [-0.25, -0.2) is 4.98 Å². The minimum Gasteiger partial charge on any atom is -0.306 e. The number of pyridine rings is 3. The molecule has 0 bridgehead atoms. The summed E-state index contributed by atoms with van der Waals surface area (Å²) in [6, 6.07) is 30.2. The van der Waals surface area contributed by atoms with Gasteiger partial charge in [-0.15, -0.1) is 0 Å². The highest BCUT2D eigenvalue weighted by Gasteiger charge is 2.20. The monoisotopic (exact) mass is 436 g/mol. The van der Waals surface area contributed by atoms with Gasteiger partial charge in [-0.1, -0.05) is 24.3 Å². The van der Waals surface area contributed by atoms with Gasteiger partial charge in [0.25, 0.3) is 0 Å². The normalized spacial score (nSPS) is 11.5. The van der Waals surface area contributed by atoms with Crippen molar-refractivity contribution in [2.24, 2.45) is 0 Å². The van der Waals surface area contributed by atoms with E-state index in [9.17, 15) is 5.26 Å². The molecule has 7 aromatic rings. The molecule has 6 heteroatoms. The second-order valence-electron chi connectivity index (χ2n) is 8.13. The van der Waals surface area contributed by atoms with Crippen molar-refractivity contribution in [1.82, 2.24) is 24.1 Å². The Morgan fingerprint density at radius 3 is 1.82 bits per heavy atom. The molecule has 0 unspecified atom stereocenters. The Hall–Kier alpha value is -5.02. The van der Waals surface area contributed by atoms with Crippen molar-refractivity contribution in [3.63, 3.8) is 0 Å². The van der Waals surface area contributed by atoms with Crippen LogP contribution in [0.4, 0.5) is 0 Å². The van der Waals surface area contributed by atoms with Crippen LogP contribution in [0.25, 0.3) is 55.5 Å². The van der Waals surface area contributed by atoms with Crippen LogP contribution in [0.5, 0.6) is 0 Å². The van der Waals surface area contributed by atoms with E-state index < -0.39 is 0 Å². The SMILES string of the molecule is N#Cc1cccc(-n2c3cccnc3c3nc4c5ncccc5n(-c5ccccc5)c4cc32)c1. The lowest BCUT2D eigenvalue weighted by Gasteiger charge is -2.09. The van der Waals surface area contributed by atoms with Crippen LogP contribution in [0.2, 0.25) is 0 Å². The second-order valence-corrected chi connectivity index (χ2v) is 8.13. The fraction of sp³-hybridized carbons (Fsp3) is 0. The van der Waals surface area contributed by atoms with E-state index in [1.807, 2.05) is 60.7 Å². The van der Waals surface area contributed by atoms with E-state index in [4.69, 9.17) is 4.98 Å². The van der Waals surface area contributed by atoms with Crippen LogP contribution < -0.4 is 0 Å². The van der Waals surface area contributed by atoms with Gasteiger partial charge in [0.05, 0.1) is 33.7 Å². The molecule has 0 atom stereocenters. The minimum atomic E-state index is 0.605. The lowest BCUT2D eigenvalue weighted by Crippen LogP contribution is -1.96. The predicted molar refractivity (Wildman–Crippen MR) is 133 cm³/mol. The average molecular weight is 436 g/mol. The summed E-state index contributed by atoms with van der Waals surface area (Å²) in [5.74, 6) is 0. The van der Waals surface area contributed by atoms with E-state index in [0.717, 1.165) is 55.5 Å². The lowest BCUT2D eigenvalue weighted by molar-refractivity contribution is 1.16. The smallest absolute Gasteiger partial charge is 0.116 e. The van der Waals surface area contributed by atoms with Crippen LogP contribution in [0, 0.1) is 11.3 Å². The minimum absolute atomic E-state index is 0.605. The molecule has 0 amide bonds. The number of hydrogen-bond acceptors (Lipinski definition) is 4. The Bertz CT molecular complexity index is 1920. The van der Waals surface area contributed by atoms with E-state index in [1.54, 1.807) is 12.4 Å². The molecule has 158 valence electrons. The van der Waals surface area contributed by atoms with Crippen LogP contribution in [-0.4, -0.2) is 24.1 Å². The van der Waals surface area contributed by atoms with E-state index in [2.05, 4.69) is 49.4 Å². The summed E-state index contributed by atoms with van der Waals surface area (Å²) in [5.41, 5.74) is 9.70. The van der Waals surface area contributed by atoms with Gasteiger partial charge in [0.15, 0.2) is 0 Å². The zero-order chi connectivity index (χ0) is 22.6. The Morgan fingerprint density at radius 1 is 0.559 bits per heavy atom. The van der Waals surface area contributed by atoms with E-state index in [1.165, 1.54) is 0 Å². The molecule has 6 nitrogen and oxygen atoms in total. The molecule has 5 aromatic heterocycles. The number of rotatable bonds is 2. The summed E-state index contributed by atoms with van der Waals surface area (Å²) in [4.78, 5) is 14.5. The number of para-hydroxylation sites is 1. The Balaban J connectivity index is 1.69. The van der Waals surface area contributed by atoms with Gasteiger partial charge in [0.1, 0.15) is 22.1 Å². The highest BCUT2D eigenvalue weighted by Crippen LogP contribution is 2.36. The third kappa shape index (κ3) is 2.52. The molecule has 0 aliphatic rings. The van der Waals surface area contributed by atoms with Crippen LogP contribution >= 0.6 is 0 Å². The molecule has 0 fully saturated rings. The third-order valence-electron chi connectivity index (χ3n) is 6.22. The zero-order valence-corrected chi connectivity index (χ0v) is 17.9. The molecule has 7 rings (SSSR count). The van der Waals surface area contributed by atoms with E-state index >= 15 is 0 Å². The van der Waals surface area contributed by atoms with Gasteiger partial charge in [-0.2, -0.15) is 5.26 Å². The number of nitrogens with zero attached hydrogens (tertiary/aromatic N) is 6. The topological polar surface area (TPSA) is 72.3 Å². The maximum absolute atomic E-state index is 9.48. The quantitative estimate of drug-likeness (QED) is 0.336.